The van der Waals surface area contributed by atoms with Crippen molar-refractivity contribution in [2.45, 2.75) is 38.8 Å². The summed E-state index contributed by atoms with van der Waals surface area (Å²) in [5.41, 5.74) is 0.0762. The molecule has 116 valence electrons. The first-order valence-electron chi connectivity index (χ1n) is 7.94. The minimum atomic E-state index is -0.548. The van der Waals surface area contributed by atoms with Crippen LogP contribution in [0.5, 0.6) is 0 Å². The summed E-state index contributed by atoms with van der Waals surface area (Å²) < 4.78 is 0. The highest BCUT2D eigenvalue weighted by Crippen LogP contribution is 2.55. The van der Waals surface area contributed by atoms with Crippen molar-refractivity contribution in [3.05, 3.63) is 35.9 Å². The van der Waals surface area contributed by atoms with Crippen LogP contribution < -0.4 is 5.32 Å². The van der Waals surface area contributed by atoms with Crippen molar-refractivity contribution in [2.75, 3.05) is 13.1 Å². The zero-order valence-electron chi connectivity index (χ0n) is 13.5. The molecule has 0 aromatic heterocycles. The topological polar surface area (TPSA) is 56.1 Å². The highest BCUT2D eigenvalue weighted by Gasteiger charge is 2.65. The first-order valence-corrected chi connectivity index (χ1v) is 7.94. The minimum Gasteiger partial charge on any atom is -0.352 e. The van der Waals surface area contributed by atoms with E-state index in [1.54, 1.807) is 0 Å². The van der Waals surface area contributed by atoms with E-state index in [2.05, 4.69) is 42.3 Å². The van der Waals surface area contributed by atoms with Crippen molar-refractivity contribution < 1.29 is 4.79 Å². The summed E-state index contributed by atoms with van der Waals surface area (Å²) in [5, 5.41) is 12.7. The number of nitriles is 1. The lowest BCUT2D eigenvalue weighted by atomic mass is 9.75. The number of β-lactam (4-membered cyclic amide) rings is 1. The van der Waals surface area contributed by atoms with Crippen LogP contribution in [0.3, 0.4) is 0 Å². The smallest absolute Gasteiger partial charge is 0.242 e. The second kappa shape index (κ2) is 5.10. The molecular formula is C18H23N3O. The molecular weight excluding hydrogens is 274 g/mol. The van der Waals surface area contributed by atoms with Crippen LogP contribution in [0.4, 0.5) is 0 Å². The number of rotatable bonds is 3. The molecule has 3 atom stereocenters. The fraction of sp³-hybridized carbons (Fsp3) is 0.556. The number of hydrogen-bond donors (Lipinski definition) is 1. The van der Waals surface area contributed by atoms with E-state index in [1.165, 1.54) is 0 Å². The van der Waals surface area contributed by atoms with Crippen molar-refractivity contribution in [3.8, 4) is 6.07 Å². The Bertz CT molecular complexity index is 621. The van der Waals surface area contributed by atoms with Crippen LogP contribution in [0.25, 0.3) is 0 Å². The predicted octanol–water partition coefficient (Wildman–Crippen LogP) is 2.49. The largest absolute Gasteiger partial charge is 0.352 e. The van der Waals surface area contributed by atoms with Crippen molar-refractivity contribution >= 4 is 5.91 Å². The van der Waals surface area contributed by atoms with E-state index in [0.717, 1.165) is 12.1 Å². The lowest BCUT2D eigenvalue weighted by Crippen LogP contribution is -2.71. The van der Waals surface area contributed by atoms with Crippen LogP contribution in [0.2, 0.25) is 0 Å². The number of carbonyl (C=O) groups is 1. The maximum Gasteiger partial charge on any atom is 0.242 e. The van der Waals surface area contributed by atoms with Gasteiger partial charge in [0.25, 0.3) is 0 Å². The summed E-state index contributed by atoms with van der Waals surface area (Å²) in [5.74, 6) is 0.519. The maximum absolute atomic E-state index is 12.4. The fourth-order valence-corrected chi connectivity index (χ4v) is 4.09. The molecule has 0 radical (unpaired) electrons. The molecule has 4 nitrogen and oxygen atoms in total. The molecule has 22 heavy (non-hydrogen) atoms. The molecule has 1 aromatic rings. The van der Waals surface area contributed by atoms with E-state index < -0.39 is 11.0 Å². The van der Waals surface area contributed by atoms with Gasteiger partial charge in [-0.15, -0.1) is 0 Å². The number of nitrogens with one attached hydrogen (secondary N) is 1. The summed E-state index contributed by atoms with van der Waals surface area (Å²) >= 11 is 0. The zero-order valence-corrected chi connectivity index (χ0v) is 13.5. The van der Waals surface area contributed by atoms with E-state index >= 15 is 0 Å². The van der Waals surface area contributed by atoms with Gasteiger partial charge in [0.2, 0.25) is 5.91 Å². The first kappa shape index (κ1) is 15.1. The normalized spacial score (nSPS) is 34.5. The van der Waals surface area contributed by atoms with Crippen molar-refractivity contribution in [3.63, 3.8) is 0 Å². The molecule has 0 bridgehead atoms. The van der Waals surface area contributed by atoms with Crippen molar-refractivity contribution in [1.82, 2.24) is 10.2 Å². The third-order valence-corrected chi connectivity index (χ3v) is 5.02. The minimum absolute atomic E-state index is 0.0350. The van der Waals surface area contributed by atoms with Gasteiger partial charge in [-0.1, -0.05) is 44.2 Å². The number of hydrogen-bond acceptors (Lipinski definition) is 3. The standard InChI is InChI=1S/C18H23N3O/c1-13(2)9-21-15(14-7-5-4-6-8-14)17(3,11-19)10-18(21)12-20-16(18)22/h4-8,13,15H,9-10,12H2,1-3H3,(H,20,22). The van der Waals surface area contributed by atoms with Gasteiger partial charge < -0.3 is 5.32 Å². The molecule has 1 amide bonds. The summed E-state index contributed by atoms with van der Waals surface area (Å²) in [7, 11) is 0. The van der Waals surface area contributed by atoms with Crippen molar-refractivity contribution in [2.24, 2.45) is 11.3 Å². The average molecular weight is 297 g/mol. The van der Waals surface area contributed by atoms with E-state index in [1.807, 2.05) is 25.1 Å². The quantitative estimate of drug-likeness (QED) is 0.872. The van der Waals surface area contributed by atoms with Gasteiger partial charge in [-0.2, -0.15) is 5.26 Å². The molecule has 0 saturated carbocycles. The van der Waals surface area contributed by atoms with Crippen LogP contribution in [0, 0.1) is 22.7 Å². The Labute approximate surface area is 132 Å². The summed E-state index contributed by atoms with van der Waals surface area (Å²) in [6.07, 6.45) is 0.606. The van der Waals surface area contributed by atoms with E-state index in [-0.39, 0.29) is 11.9 Å². The molecule has 1 aromatic carbocycles. The SMILES string of the molecule is CC(C)CN1C(c2ccccc2)C(C)(C#N)CC12CNC2=O. The molecule has 3 rings (SSSR count). The highest BCUT2D eigenvalue weighted by atomic mass is 16.2. The number of likely N-dealkylation sites (tertiary alicyclic amines) is 1. The molecule has 1 spiro atoms. The molecule has 2 aliphatic heterocycles. The summed E-state index contributed by atoms with van der Waals surface area (Å²) in [6.45, 7) is 7.80. The number of nitrogens with zero attached hydrogens (tertiary/aromatic N) is 2. The van der Waals surface area contributed by atoms with E-state index in [0.29, 0.717) is 18.9 Å². The Kier molecular flexibility index (Phi) is 3.49. The van der Waals surface area contributed by atoms with Crippen LogP contribution in [-0.4, -0.2) is 29.4 Å². The molecule has 2 saturated heterocycles. The van der Waals surface area contributed by atoms with Gasteiger partial charge in [0, 0.05) is 13.1 Å². The van der Waals surface area contributed by atoms with Gasteiger partial charge in [0.15, 0.2) is 0 Å². The first-order chi connectivity index (χ1) is 10.4. The highest BCUT2D eigenvalue weighted by molar-refractivity contribution is 5.93. The molecule has 3 unspecified atom stereocenters. The fourth-order valence-electron chi connectivity index (χ4n) is 4.09. The second-order valence-corrected chi connectivity index (χ2v) is 7.28. The summed E-state index contributed by atoms with van der Waals surface area (Å²) in [4.78, 5) is 14.7. The monoisotopic (exact) mass is 297 g/mol. The molecule has 1 N–H and O–H groups in total. The van der Waals surface area contributed by atoms with Gasteiger partial charge in [-0.3, -0.25) is 9.69 Å². The van der Waals surface area contributed by atoms with Gasteiger partial charge >= 0.3 is 0 Å². The Morgan fingerprint density at radius 3 is 2.55 bits per heavy atom. The summed E-state index contributed by atoms with van der Waals surface area (Å²) in [6, 6.07) is 12.6. The number of benzene rings is 1. The second-order valence-electron chi connectivity index (χ2n) is 7.28. The molecule has 0 aliphatic carbocycles. The van der Waals surface area contributed by atoms with Gasteiger partial charge in [0.05, 0.1) is 17.5 Å². The number of carbonyl (C=O) groups excluding carboxylic acids is 1. The molecule has 4 heteroatoms. The van der Waals surface area contributed by atoms with Crippen LogP contribution >= 0.6 is 0 Å². The third-order valence-electron chi connectivity index (χ3n) is 5.02. The van der Waals surface area contributed by atoms with Gasteiger partial charge in [0.1, 0.15) is 5.54 Å². The average Bonchev–Trinajstić information content (AvgIpc) is 2.78. The lowest BCUT2D eigenvalue weighted by molar-refractivity contribution is -0.142. The molecule has 2 fully saturated rings. The Hall–Kier alpha value is -1.86. The van der Waals surface area contributed by atoms with E-state index in [9.17, 15) is 10.1 Å². The molecule has 2 aliphatic rings. The molecule has 2 heterocycles. The van der Waals surface area contributed by atoms with Crippen LogP contribution in [-0.2, 0) is 4.79 Å². The van der Waals surface area contributed by atoms with Gasteiger partial charge in [-0.05, 0) is 24.8 Å². The van der Waals surface area contributed by atoms with E-state index in [4.69, 9.17) is 0 Å². The maximum atomic E-state index is 12.4. The predicted molar refractivity (Wildman–Crippen MR) is 84.8 cm³/mol. The third kappa shape index (κ3) is 2.04. The number of amides is 1. The van der Waals surface area contributed by atoms with Gasteiger partial charge in [-0.25, -0.2) is 0 Å². The Balaban J connectivity index is 2.10. The Morgan fingerprint density at radius 1 is 1.41 bits per heavy atom. The Morgan fingerprint density at radius 2 is 2.09 bits per heavy atom. The van der Waals surface area contributed by atoms with Crippen molar-refractivity contribution in [1.29, 1.82) is 5.26 Å². The van der Waals surface area contributed by atoms with Crippen LogP contribution in [0.1, 0.15) is 38.8 Å². The zero-order chi connectivity index (χ0) is 16.0. The lowest BCUT2D eigenvalue weighted by Gasteiger charge is -2.46. The van der Waals surface area contributed by atoms with Crippen LogP contribution in [0.15, 0.2) is 30.3 Å².